The fourth-order valence-corrected chi connectivity index (χ4v) is 3.78. The van der Waals surface area contributed by atoms with Crippen LogP contribution in [-0.2, 0) is 4.74 Å². The van der Waals surface area contributed by atoms with E-state index in [2.05, 4.69) is 11.7 Å². The van der Waals surface area contributed by atoms with Crippen LogP contribution in [0.15, 0.2) is 36.4 Å². The molecule has 2 aromatic carbocycles. The number of ether oxygens (including phenoxy) is 4. The van der Waals surface area contributed by atoms with Crippen LogP contribution in [0.3, 0.4) is 0 Å². The van der Waals surface area contributed by atoms with E-state index in [9.17, 15) is 22.0 Å². The zero-order valence-electron chi connectivity index (χ0n) is 19.2. The summed E-state index contributed by atoms with van der Waals surface area (Å²) in [6.07, 6.45) is -6.46. The first-order chi connectivity index (χ1) is 16.3. The first-order valence-electron chi connectivity index (χ1n) is 11.4. The molecule has 0 bridgehead atoms. The quantitative estimate of drug-likeness (QED) is 0.246. The molecule has 0 N–H and O–H groups in total. The largest absolute Gasteiger partial charge is 0.494 e. The summed E-state index contributed by atoms with van der Waals surface area (Å²) in [4.78, 5) is 0. The van der Waals surface area contributed by atoms with Crippen LogP contribution in [0.5, 0.6) is 17.2 Å². The van der Waals surface area contributed by atoms with Gasteiger partial charge in [-0.3, -0.25) is 0 Å². The Morgan fingerprint density at radius 3 is 2.29 bits per heavy atom. The van der Waals surface area contributed by atoms with Crippen molar-refractivity contribution in [2.24, 2.45) is 0 Å². The zero-order chi connectivity index (χ0) is 24.7. The van der Waals surface area contributed by atoms with E-state index >= 15 is 0 Å². The number of alkyl halides is 4. The highest BCUT2D eigenvalue weighted by atomic mass is 19.3. The molecule has 0 saturated carbocycles. The normalized spacial score (nSPS) is 18.7. The molecule has 2 aromatic rings. The van der Waals surface area contributed by atoms with Gasteiger partial charge in [-0.2, -0.15) is 8.78 Å². The fraction of sp³-hybridized carbons (Fsp3) is 0.520. The van der Waals surface area contributed by atoms with Crippen LogP contribution < -0.4 is 14.2 Å². The van der Waals surface area contributed by atoms with Gasteiger partial charge in [0.25, 0.3) is 6.43 Å². The molecule has 0 amide bonds. The summed E-state index contributed by atoms with van der Waals surface area (Å²) in [5.74, 6) is -2.32. The maximum absolute atomic E-state index is 14.7. The summed E-state index contributed by atoms with van der Waals surface area (Å²) >= 11 is 0. The van der Waals surface area contributed by atoms with Crippen molar-refractivity contribution in [3.8, 4) is 17.2 Å². The molecule has 0 aromatic heterocycles. The molecule has 188 valence electrons. The van der Waals surface area contributed by atoms with Crippen LogP contribution in [0.25, 0.3) is 0 Å². The monoisotopic (exact) mass is 488 g/mol. The Bertz CT molecular complexity index is 912. The maximum atomic E-state index is 14.7. The van der Waals surface area contributed by atoms with E-state index in [1.165, 1.54) is 6.92 Å². The van der Waals surface area contributed by atoms with Gasteiger partial charge in [0.2, 0.25) is 0 Å². The minimum Gasteiger partial charge on any atom is -0.494 e. The lowest BCUT2D eigenvalue weighted by Gasteiger charge is -2.33. The second kappa shape index (κ2) is 11.7. The lowest BCUT2D eigenvalue weighted by Crippen LogP contribution is -2.44. The third-order valence-corrected chi connectivity index (χ3v) is 5.64. The third kappa shape index (κ3) is 6.31. The highest BCUT2D eigenvalue weighted by molar-refractivity contribution is 5.43. The summed E-state index contributed by atoms with van der Waals surface area (Å²) in [6.45, 7) is 4.28. The zero-order valence-corrected chi connectivity index (χ0v) is 19.2. The third-order valence-electron chi connectivity index (χ3n) is 5.64. The fourth-order valence-electron chi connectivity index (χ4n) is 3.78. The van der Waals surface area contributed by atoms with Gasteiger partial charge in [-0.15, -0.1) is 0 Å². The Labute approximate surface area is 196 Å². The van der Waals surface area contributed by atoms with Crippen LogP contribution in [-0.4, -0.2) is 32.0 Å². The second-order valence-corrected chi connectivity index (χ2v) is 8.05. The summed E-state index contributed by atoms with van der Waals surface area (Å²) < 4.78 is 91.1. The summed E-state index contributed by atoms with van der Waals surface area (Å²) in [5.41, 5.74) is -0.174. The van der Waals surface area contributed by atoms with Crippen molar-refractivity contribution in [3.05, 3.63) is 53.3 Å². The molecule has 2 unspecified atom stereocenters. The molecule has 1 aliphatic heterocycles. The summed E-state index contributed by atoms with van der Waals surface area (Å²) in [5, 5.41) is 0. The van der Waals surface area contributed by atoms with Crippen molar-refractivity contribution < 1.29 is 40.9 Å². The lowest BCUT2D eigenvalue weighted by atomic mass is 9.91. The van der Waals surface area contributed by atoms with E-state index in [0.29, 0.717) is 13.0 Å². The molecule has 1 aliphatic rings. The minimum absolute atomic E-state index is 0.0151. The Morgan fingerprint density at radius 1 is 1.00 bits per heavy atom. The molecule has 0 aliphatic carbocycles. The van der Waals surface area contributed by atoms with Crippen LogP contribution >= 0.6 is 0 Å². The Kier molecular flexibility index (Phi) is 8.99. The first kappa shape index (κ1) is 26.1. The van der Waals surface area contributed by atoms with E-state index < -0.39 is 41.5 Å². The van der Waals surface area contributed by atoms with Crippen molar-refractivity contribution >= 4 is 0 Å². The molecule has 3 rings (SSSR count). The molecule has 0 spiro atoms. The maximum Gasteiger partial charge on any atom is 0.424 e. The Morgan fingerprint density at radius 2 is 1.71 bits per heavy atom. The highest BCUT2D eigenvalue weighted by Gasteiger charge is 2.46. The van der Waals surface area contributed by atoms with Crippen LogP contribution in [0, 0.1) is 5.82 Å². The van der Waals surface area contributed by atoms with E-state index in [1.54, 1.807) is 0 Å². The molecule has 2 atom stereocenters. The van der Waals surface area contributed by atoms with Gasteiger partial charge in [0, 0.05) is 5.92 Å². The molecule has 4 nitrogen and oxygen atoms in total. The van der Waals surface area contributed by atoms with Crippen LogP contribution in [0.1, 0.15) is 63.0 Å². The van der Waals surface area contributed by atoms with Crippen molar-refractivity contribution in [2.45, 2.75) is 64.1 Å². The van der Waals surface area contributed by atoms with Gasteiger partial charge in [0.05, 0.1) is 25.4 Å². The molecule has 0 radical (unpaired) electrons. The Hall–Kier alpha value is -2.55. The average Bonchev–Trinajstić information content (AvgIpc) is 2.81. The first-order valence-corrected chi connectivity index (χ1v) is 11.4. The number of benzene rings is 2. The van der Waals surface area contributed by atoms with E-state index in [-0.39, 0.29) is 25.6 Å². The predicted octanol–water partition coefficient (Wildman–Crippen LogP) is 7.28. The minimum atomic E-state index is -3.91. The van der Waals surface area contributed by atoms with Gasteiger partial charge >= 0.3 is 6.11 Å². The van der Waals surface area contributed by atoms with Crippen LogP contribution in [0.2, 0.25) is 0 Å². The number of hydrogen-bond acceptors (Lipinski definition) is 4. The molecule has 34 heavy (non-hydrogen) atoms. The molecular formula is C25H29F5O4. The van der Waals surface area contributed by atoms with E-state index in [0.717, 1.165) is 36.3 Å². The van der Waals surface area contributed by atoms with Crippen molar-refractivity contribution in [1.29, 1.82) is 0 Å². The average molecular weight is 488 g/mol. The Balaban J connectivity index is 1.62. The smallest absolute Gasteiger partial charge is 0.424 e. The number of halogens is 5. The summed E-state index contributed by atoms with van der Waals surface area (Å²) in [7, 11) is 0. The predicted molar refractivity (Wildman–Crippen MR) is 117 cm³/mol. The standard InChI is InChI=1S/C25H29F5O4/c1-3-5-14-32-18-9-6-16(7-10-18)17-8-13-21(33-15-17)25(29,30)34-20-12-11-19(31-4-2)22(23(20)26)24(27)28/h6-7,9-12,17,21,24H,3-5,8,13-15H2,1-2H3. The molecule has 1 fully saturated rings. The van der Waals surface area contributed by atoms with Gasteiger partial charge < -0.3 is 18.9 Å². The van der Waals surface area contributed by atoms with Gasteiger partial charge in [0.15, 0.2) is 17.7 Å². The molecule has 1 heterocycles. The molecular weight excluding hydrogens is 459 g/mol. The number of unbranched alkanes of at least 4 members (excludes halogenated alkanes) is 1. The van der Waals surface area contributed by atoms with Crippen molar-refractivity contribution in [3.63, 3.8) is 0 Å². The number of rotatable bonds is 11. The van der Waals surface area contributed by atoms with Gasteiger partial charge in [-0.25, -0.2) is 13.2 Å². The summed E-state index contributed by atoms with van der Waals surface area (Å²) in [6, 6.07) is 9.29. The van der Waals surface area contributed by atoms with Gasteiger partial charge in [0.1, 0.15) is 11.5 Å². The second-order valence-electron chi connectivity index (χ2n) is 8.05. The van der Waals surface area contributed by atoms with Crippen LogP contribution in [0.4, 0.5) is 22.0 Å². The van der Waals surface area contributed by atoms with E-state index in [4.69, 9.17) is 14.2 Å². The van der Waals surface area contributed by atoms with Crippen molar-refractivity contribution in [1.82, 2.24) is 0 Å². The topological polar surface area (TPSA) is 36.9 Å². The van der Waals surface area contributed by atoms with Crippen molar-refractivity contribution in [2.75, 3.05) is 19.8 Å². The molecule has 9 heteroatoms. The van der Waals surface area contributed by atoms with Gasteiger partial charge in [-0.05, 0) is 56.0 Å². The lowest BCUT2D eigenvalue weighted by molar-refractivity contribution is -0.262. The van der Waals surface area contributed by atoms with E-state index in [1.807, 2.05) is 24.3 Å². The SMILES string of the molecule is CCCCOc1ccc(C2CCC(C(F)(F)Oc3ccc(OCC)c(C(F)F)c3F)OC2)cc1. The number of hydrogen-bond donors (Lipinski definition) is 0. The van der Waals surface area contributed by atoms with Gasteiger partial charge in [-0.1, -0.05) is 25.5 Å². The highest BCUT2D eigenvalue weighted by Crippen LogP contribution is 2.40. The molecule has 1 saturated heterocycles.